The van der Waals surface area contributed by atoms with Crippen molar-refractivity contribution in [3.05, 3.63) is 35.9 Å². The monoisotopic (exact) mass is 388 g/mol. The second-order valence-corrected chi connectivity index (χ2v) is 8.92. The van der Waals surface area contributed by atoms with Gasteiger partial charge in [-0.05, 0) is 45.1 Å². The van der Waals surface area contributed by atoms with Crippen LogP contribution < -0.4 is 0 Å². The number of piperidine rings is 1. The molecule has 154 valence electrons. The molecule has 0 N–H and O–H groups in total. The summed E-state index contributed by atoms with van der Waals surface area (Å²) >= 11 is 0. The first-order valence-electron chi connectivity index (χ1n) is 10.2. The number of ether oxygens (including phenoxy) is 2. The van der Waals surface area contributed by atoms with Crippen LogP contribution in [-0.2, 0) is 20.9 Å². The van der Waals surface area contributed by atoms with Crippen LogP contribution in [0, 0.1) is 11.8 Å². The van der Waals surface area contributed by atoms with Crippen molar-refractivity contribution in [1.82, 2.24) is 9.80 Å². The number of carbonyl (C=O) groups is 2. The molecule has 1 aromatic carbocycles. The number of esters is 1. The highest BCUT2D eigenvalue weighted by molar-refractivity contribution is 5.74. The van der Waals surface area contributed by atoms with E-state index < -0.39 is 5.60 Å². The summed E-state index contributed by atoms with van der Waals surface area (Å²) < 4.78 is 10.9. The van der Waals surface area contributed by atoms with E-state index in [1.54, 1.807) is 4.90 Å². The van der Waals surface area contributed by atoms with Crippen LogP contribution in [0.5, 0.6) is 0 Å². The van der Waals surface area contributed by atoms with E-state index in [1.165, 1.54) is 0 Å². The van der Waals surface area contributed by atoms with Crippen LogP contribution in [0.4, 0.5) is 4.79 Å². The SMILES string of the molecule is CC(C)(C)OC(=O)C1CN(CC2CCN(C(=O)OCc3ccccc3)CC2)C1. The Bertz CT molecular complexity index is 657. The first-order chi connectivity index (χ1) is 13.3. The lowest BCUT2D eigenvalue weighted by molar-refractivity contribution is -0.166. The van der Waals surface area contributed by atoms with Gasteiger partial charge in [-0.2, -0.15) is 0 Å². The molecule has 0 spiro atoms. The van der Waals surface area contributed by atoms with Gasteiger partial charge in [0.05, 0.1) is 5.92 Å². The number of amides is 1. The smallest absolute Gasteiger partial charge is 0.410 e. The Morgan fingerprint density at radius 2 is 1.71 bits per heavy atom. The summed E-state index contributed by atoms with van der Waals surface area (Å²) in [6, 6.07) is 9.74. The van der Waals surface area contributed by atoms with Crippen molar-refractivity contribution in [1.29, 1.82) is 0 Å². The minimum atomic E-state index is -0.417. The van der Waals surface area contributed by atoms with Crippen LogP contribution in [-0.4, -0.2) is 60.2 Å². The Hall–Kier alpha value is -2.08. The Morgan fingerprint density at radius 3 is 2.32 bits per heavy atom. The van der Waals surface area contributed by atoms with Crippen LogP contribution >= 0.6 is 0 Å². The highest BCUT2D eigenvalue weighted by Gasteiger charge is 2.37. The van der Waals surface area contributed by atoms with E-state index in [0.29, 0.717) is 12.5 Å². The maximum absolute atomic E-state index is 12.2. The zero-order chi connectivity index (χ0) is 20.1. The third-order valence-electron chi connectivity index (χ3n) is 5.29. The van der Waals surface area contributed by atoms with Crippen molar-refractivity contribution in [3.63, 3.8) is 0 Å². The fraction of sp³-hybridized carbons (Fsp3) is 0.636. The molecule has 2 fully saturated rings. The van der Waals surface area contributed by atoms with E-state index in [4.69, 9.17) is 9.47 Å². The fourth-order valence-corrected chi connectivity index (χ4v) is 3.73. The van der Waals surface area contributed by atoms with Crippen LogP contribution in [0.1, 0.15) is 39.2 Å². The molecule has 2 saturated heterocycles. The normalized spacial score (nSPS) is 19.2. The highest BCUT2D eigenvalue weighted by Crippen LogP contribution is 2.25. The van der Waals surface area contributed by atoms with Crippen molar-refractivity contribution in [2.45, 2.75) is 45.8 Å². The largest absolute Gasteiger partial charge is 0.460 e. The summed E-state index contributed by atoms with van der Waals surface area (Å²) in [5.41, 5.74) is 0.586. The average molecular weight is 389 g/mol. The standard InChI is InChI=1S/C22H32N2O4/c1-22(2,3)28-20(25)19-14-23(15-19)13-17-9-11-24(12-10-17)21(26)27-16-18-7-5-4-6-8-18/h4-8,17,19H,9-16H2,1-3H3. The first-order valence-corrected chi connectivity index (χ1v) is 10.2. The predicted molar refractivity (Wildman–Crippen MR) is 107 cm³/mol. The van der Waals surface area contributed by atoms with Crippen LogP contribution in [0.2, 0.25) is 0 Å². The van der Waals surface area contributed by atoms with Crippen LogP contribution in [0.3, 0.4) is 0 Å². The van der Waals surface area contributed by atoms with Gasteiger partial charge in [0.2, 0.25) is 0 Å². The predicted octanol–water partition coefficient (Wildman–Crippen LogP) is 3.31. The van der Waals surface area contributed by atoms with Crippen LogP contribution in [0.25, 0.3) is 0 Å². The minimum Gasteiger partial charge on any atom is -0.460 e. The van der Waals surface area contributed by atoms with Gasteiger partial charge in [-0.3, -0.25) is 4.79 Å². The molecule has 3 rings (SSSR count). The van der Waals surface area contributed by atoms with Gasteiger partial charge in [0.1, 0.15) is 12.2 Å². The summed E-state index contributed by atoms with van der Waals surface area (Å²) in [5.74, 6) is 0.491. The van der Waals surface area contributed by atoms with E-state index in [-0.39, 0.29) is 18.0 Å². The topological polar surface area (TPSA) is 59.1 Å². The average Bonchev–Trinajstić information content (AvgIpc) is 2.62. The molecule has 6 nitrogen and oxygen atoms in total. The number of rotatable bonds is 5. The zero-order valence-electron chi connectivity index (χ0n) is 17.2. The van der Waals surface area contributed by atoms with Gasteiger partial charge >= 0.3 is 12.1 Å². The molecule has 0 saturated carbocycles. The molecule has 28 heavy (non-hydrogen) atoms. The van der Waals surface area contributed by atoms with Gasteiger partial charge < -0.3 is 19.3 Å². The minimum absolute atomic E-state index is 0.00674. The molecule has 6 heteroatoms. The quantitative estimate of drug-likeness (QED) is 0.725. The maximum atomic E-state index is 12.2. The molecule has 1 aromatic rings. The van der Waals surface area contributed by atoms with Gasteiger partial charge in [0.15, 0.2) is 0 Å². The highest BCUT2D eigenvalue weighted by atomic mass is 16.6. The molecule has 0 unspecified atom stereocenters. The molecule has 0 radical (unpaired) electrons. The molecule has 1 amide bonds. The van der Waals surface area contributed by atoms with Gasteiger partial charge in [0, 0.05) is 32.7 Å². The molecule has 0 aromatic heterocycles. The van der Waals surface area contributed by atoms with Crippen LogP contribution in [0.15, 0.2) is 30.3 Å². The lowest BCUT2D eigenvalue weighted by Gasteiger charge is -2.42. The van der Waals surface area contributed by atoms with Gasteiger partial charge in [0.25, 0.3) is 0 Å². The number of carbonyl (C=O) groups excluding carboxylic acids is 2. The first kappa shape index (κ1) is 20.6. The number of hydrogen-bond acceptors (Lipinski definition) is 5. The molecular formula is C22H32N2O4. The summed E-state index contributed by atoms with van der Waals surface area (Å²) in [5, 5.41) is 0. The number of nitrogens with zero attached hydrogens (tertiary/aromatic N) is 2. The van der Waals surface area contributed by atoms with E-state index in [0.717, 1.165) is 51.1 Å². The third-order valence-corrected chi connectivity index (χ3v) is 5.29. The van der Waals surface area contributed by atoms with Crippen molar-refractivity contribution in [2.24, 2.45) is 11.8 Å². The van der Waals surface area contributed by atoms with Crippen molar-refractivity contribution in [2.75, 3.05) is 32.7 Å². The molecule has 0 atom stereocenters. The number of likely N-dealkylation sites (tertiary alicyclic amines) is 2. The second kappa shape index (κ2) is 8.95. The van der Waals surface area contributed by atoms with E-state index >= 15 is 0 Å². The zero-order valence-corrected chi connectivity index (χ0v) is 17.2. The van der Waals surface area contributed by atoms with E-state index in [9.17, 15) is 9.59 Å². The van der Waals surface area contributed by atoms with Crippen molar-refractivity contribution < 1.29 is 19.1 Å². The van der Waals surface area contributed by atoms with Crippen molar-refractivity contribution >= 4 is 12.1 Å². The molecule has 2 aliphatic heterocycles. The molecule has 2 aliphatic rings. The van der Waals surface area contributed by atoms with Gasteiger partial charge in [-0.15, -0.1) is 0 Å². The van der Waals surface area contributed by atoms with Gasteiger partial charge in [-0.1, -0.05) is 30.3 Å². The third kappa shape index (κ3) is 5.96. The van der Waals surface area contributed by atoms with E-state index in [1.807, 2.05) is 51.1 Å². The summed E-state index contributed by atoms with van der Waals surface area (Å²) in [4.78, 5) is 28.4. The lowest BCUT2D eigenvalue weighted by Crippen LogP contribution is -2.54. The Balaban J connectivity index is 1.32. The summed E-state index contributed by atoms with van der Waals surface area (Å²) in [6.45, 7) is 10.1. The maximum Gasteiger partial charge on any atom is 0.410 e. The Morgan fingerprint density at radius 1 is 1.07 bits per heavy atom. The molecular weight excluding hydrogens is 356 g/mol. The number of hydrogen-bond donors (Lipinski definition) is 0. The Labute approximate surface area is 167 Å². The van der Waals surface area contributed by atoms with Crippen molar-refractivity contribution in [3.8, 4) is 0 Å². The summed E-state index contributed by atoms with van der Waals surface area (Å²) in [7, 11) is 0. The molecule has 0 aliphatic carbocycles. The number of benzene rings is 1. The lowest BCUT2D eigenvalue weighted by atomic mass is 9.92. The van der Waals surface area contributed by atoms with E-state index in [2.05, 4.69) is 4.90 Å². The Kier molecular flexibility index (Phi) is 6.60. The summed E-state index contributed by atoms with van der Waals surface area (Å²) in [6.07, 6.45) is 1.73. The molecule has 0 bridgehead atoms. The van der Waals surface area contributed by atoms with Gasteiger partial charge in [-0.25, -0.2) is 4.79 Å². The molecule has 2 heterocycles. The fourth-order valence-electron chi connectivity index (χ4n) is 3.73. The second-order valence-electron chi connectivity index (χ2n) is 8.92.